The number of hydrogen-bond acceptors (Lipinski definition) is 7. The van der Waals surface area contributed by atoms with E-state index in [0.717, 1.165) is 61.2 Å². The van der Waals surface area contributed by atoms with E-state index in [1.807, 2.05) is 33.9 Å². The summed E-state index contributed by atoms with van der Waals surface area (Å²) in [4.78, 5) is 27.0. The number of rotatable bonds is 3. The second kappa shape index (κ2) is 5.94. The van der Waals surface area contributed by atoms with Gasteiger partial charge in [-0.05, 0) is 6.92 Å². The minimum atomic E-state index is 0.848. The maximum absolute atomic E-state index is 4.55. The highest BCUT2D eigenvalue weighted by atomic mass is 15.3. The van der Waals surface area contributed by atoms with Crippen molar-refractivity contribution in [2.24, 2.45) is 0 Å². The lowest BCUT2D eigenvalue weighted by Crippen LogP contribution is -2.47. The van der Waals surface area contributed by atoms with Gasteiger partial charge in [-0.1, -0.05) is 0 Å². The maximum atomic E-state index is 4.55. The normalized spacial score (nSPS) is 15.3. The van der Waals surface area contributed by atoms with Crippen LogP contribution in [0.2, 0.25) is 0 Å². The number of fused-ring (bicyclic) bond motifs is 2. The fourth-order valence-corrected chi connectivity index (χ4v) is 3.52. The van der Waals surface area contributed by atoms with Crippen LogP contribution in [-0.4, -0.2) is 60.1 Å². The summed E-state index contributed by atoms with van der Waals surface area (Å²) in [6, 6.07) is 0. The summed E-state index contributed by atoms with van der Waals surface area (Å²) in [5, 5.41) is 0. The monoisotopic (exact) mass is 349 g/mol. The molecule has 0 bridgehead atoms. The molecule has 0 N–H and O–H groups in total. The minimum Gasteiger partial charge on any atom is -0.351 e. The molecule has 1 aliphatic heterocycles. The Morgan fingerprint density at radius 1 is 0.808 bits per heavy atom. The first-order valence-corrected chi connectivity index (χ1v) is 8.78. The van der Waals surface area contributed by atoms with E-state index < -0.39 is 0 Å². The van der Waals surface area contributed by atoms with Crippen LogP contribution in [0.15, 0.2) is 37.4 Å². The Morgan fingerprint density at radius 3 is 2.31 bits per heavy atom. The smallest absolute Gasteiger partial charge is 0.180 e. The zero-order valence-electron chi connectivity index (χ0n) is 14.5. The van der Waals surface area contributed by atoms with Crippen molar-refractivity contribution < 1.29 is 0 Å². The first-order valence-electron chi connectivity index (χ1n) is 8.78. The third-order valence-corrected chi connectivity index (χ3v) is 4.89. The van der Waals surface area contributed by atoms with Crippen molar-refractivity contribution in [2.45, 2.75) is 13.5 Å². The Morgan fingerprint density at radius 2 is 1.54 bits per heavy atom. The zero-order valence-corrected chi connectivity index (χ0v) is 14.5. The molecule has 5 heterocycles. The fourth-order valence-electron chi connectivity index (χ4n) is 3.52. The van der Waals surface area contributed by atoms with Crippen molar-refractivity contribution in [2.75, 3.05) is 36.0 Å². The van der Waals surface area contributed by atoms with Gasteiger partial charge in [0, 0.05) is 57.5 Å². The summed E-state index contributed by atoms with van der Waals surface area (Å²) in [5.74, 6) is 1.84. The molecule has 0 atom stereocenters. The lowest BCUT2D eigenvalue weighted by atomic mass is 10.3. The molecule has 0 unspecified atom stereocenters. The van der Waals surface area contributed by atoms with E-state index in [-0.39, 0.29) is 0 Å². The van der Waals surface area contributed by atoms with Gasteiger partial charge in [-0.2, -0.15) is 0 Å². The summed E-state index contributed by atoms with van der Waals surface area (Å²) >= 11 is 0. The van der Waals surface area contributed by atoms with Crippen molar-refractivity contribution in [1.82, 2.24) is 33.9 Å². The molecular formula is C17H19N9. The lowest BCUT2D eigenvalue weighted by Gasteiger charge is -2.35. The maximum Gasteiger partial charge on any atom is 0.180 e. The molecule has 1 fully saturated rings. The molecule has 9 nitrogen and oxygen atoms in total. The number of hydrogen-bond donors (Lipinski definition) is 0. The van der Waals surface area contributed by atoms with Gasteiger partial charge in [0.15, 0.2) is 28.4 Å². The van der Waals surface area contributed by atoms with Crippen molar-refractivity contribution in [1.29, 1.82) is 0 Å². The van der Waals surface area contributed by atoms with Crippen LogP contribution in [0, 0.1) is 0 Å². The molecule has 5 rings (SSSR count). The van der Waals surface area contributed by atoms with E-state index in [2.05, 4.69) is 41.6 Å². The molecule has 0 aliphatic carbocycles. The summed E-state index contributed by atoms with van der Waals surface area (Å²) in [6.07, 6.45) is 11.0. The Hall–Kier alpha value is -3.23. The Balaban J connectivity index is 1.41. The van der Waals surface area contributed by atoms with E-state index in [9.17, 15) is 0 Å². The SMILES string of the molecule is CCn1cnc2c(N3CCN(c4nccn5ccnc45)CC3)ncnc21. The Bertz CT molecular complexity index is 1060. The highest BCUT2D eigenvalue weighted by Crippen LogP contribution is 2.24. The number of piperazine rings is 1. The van der Waals surface area contributed by atoms with Crippen LogP contribution in [0.3, 0.4) is 0 Å². The van der Waals surface area contributed by atoms with E-state index in [1.165, 1.54) is 0 Å². The van der Waals surface area contributed by atoms with Gasteiger partial charge in [0.05, 0.1) is 6.33 Å². The summed E-state index contributed by atoms with van der Waals surface area (Å²) < 4.78 is 4.04. The van der Waals surface area contributed by atoms with Crippen molar-refractivity contribution in [3.05, 3.63) is 37.4 Å². The zero-order chi connectivity index (χ0) is 17.5. The summed E-state index contributed by atoms with van der Waals surface area (Å²) in [5.41, 5.74) is 2.66. The molecule has 1 saturated heterocycles. The topological polar surface area (TPSA) is 80.3 Å². The average molecular weight is 349 g/mol. The molecule has 0 radical (unpaired) electrons. The van der Waals surface area contributed by atoms with E-state index in [4.69, 9.17) is 0 Å². The second-order valence-corrected chi connectivity index (χ2v) is 6.28. The third-order valence-electron chi connectivity index (χ3n) is 4.89. The molecular weight excluding hydrogens is 330 g/mol. The Labute approximate surface area is 150 Å². The van der Waals surface area contributed by atoms with Gasteiger partial charge in [0.2, 0.25) is 0 Å². The first-order chi connectivity index (χ1) is 12.8. The number of nitrogens with zero attached hydrogens (tertiary/aromatic N) is 9. The van der Waals surface area contributed by atoms with Gasteiger partial charge >= 0.3 is 0 Å². The van der Waals surface area contributed by atoms with Crippen molar-refractivity contribution in [3.63, 3.8) is 0 Å². The third kappa shape index (κ3) is 2.27. The van der Waals surface area contributed by atoms with Crippen LogP contribution < -0.4 is 9.80 Å². The van der Waals surface area contributed by atoms with Crippen LogP contribution >= 0.6 is 0 Å². The van der Waals surface area contributed by atoms with Crippen LogP contribution in [0.5, 0.6) is 0 Å². The van der Waals surface area contributed by atoms with Gasteiger partial charge in [-0.3, -0.25) is 0 Å². The van der Waals surface area contributed by atoms with Gasteiger partial charge in [-0.15, -0.1) is 0 Å². The molecule has 132 valence electrons. The average Bonchev–Trinajstić information content (AvgIpc) is 3.34. The fraction of sp³-hybridized carbons (Fsp3) is 0.353. The van der Waals surface area contributed by atoms with E-state index in [1.54, 1.807) is 12.5 Å². The molecule has 1 aliphatic rings. The molecule has 4 aromatic rings. The largest absolute Gasteiger partial charge is 0.351 e. The van der Waals surface area contributed by atoms with E-state index in [0.29, 0.717) is 0 Å². The molecule has 0 aromatic carbocycles. The lowest BCUT2D eigenvalue weighted by molar-refractivity contribution is 0.642. The Kier molecular flexibility index (Phi) is 3.44. The molecule has 26 heavy (non-hydrogen) atoms. The van der Waals surface area contributed by atoms with Gasteiger partial charge in [-0.25, -0.2) is 24.9 Å². The van der Waals surface area contributed by atoms with Gasteiger partial charge in [0.25, 0.3) is 0 Å². The molecule has 9 heteroatoms. The second-order valence-electron chi connectivity index (χ2n) is 6.28. The molecule has 0 amide bonds. The predicted octanol–water partition coefficient (Wildman–Crippen LogP) is 1.22. The van der Waals surface area contributed by atoms with Crippen LogP contribution in [-0.2, 0) is 6.54 Å². The van der Waals surface area contributed by atoms with E-state index >= 15 is 0 Å². The van der Waals surface area contributed by atoms with Crippen LogP contribution in [0.4, 0.5) is 11.6 Å². The van der Waals surface area contributed by atoms with Crippen LogP contribution in [0.1, 0.15) is 6.92 Å². The number of imidazole rings is 2. The molecule has 0 saturated carbocycles. The minimum absolute atomic E-state index is 0.848. The number of aryl methyl sites for hydroxylation is 1. The van der Waals surface area contributed by atoms with Crippen molar-refractivity contribution in [3.8, 4) is 0 Å². The first kappa shape index (κ1) is 15.1. The number of anilines is 2. The highest BCUT2D eigenvalue weighted by molar-refractivity contribution is 5.83. The van der Waals surface area contributed by atoms with Crippen LogP contribution in [0.25, 0.3) is 16.8 Å². The standard InChI is InChI=1S/C17H19N9/c1-2-23-12-22-13-14(23)20-11-21-15(13)25-7-9-26(10-8-25)17-16-18-3-5-24(16)6-4-19-17/h3-6,11-12H,2,7-10H2,1H3. The molecule has 4 aromatic heterocycles. The quantitative estimate of drug-likeness (QED) is 0.550. The molecule has 0 spiro atoms. The summed E-state index contributed by atoms with van der Waals surface area (Å²) in [6.45, 7) is 6.37. The van der Waals surface area contributed by atoms with Crippen molar-refractivity contribution >= 4 is 28.4 Å². The highest BCUT2D eigenvalue weighted by Gasteiger charge is 2.23. The van der Waals surface area contributed by atoms with Gasteiger partial charge in [0.1, 0.15) is 6.33 Å². The predicted molar refractivity (Wildman–Crippen MR) is 98.4 cm³/mol. The number of aromatic nitrogens is 7. The summed E-state index contributed by atoms with van der Waals surface area (Å²) in [7, 11) is 0. The van der Waals surface area contributed by atoms with Gasteiger partial charge < -0.3 is 18.8 Å².